The predicted molar refractivity (Wildman–Crippen MR) is 83.5 cm³/mol. The molecule has 0 saturated carbocycles. The van der Waals surface area contributed by atoms with Crippen molar-refractivity contribution < 1.29 is 19.1 Å². The first-order valence-electron chi connectivity index (χ1n) is 6.93. The zero-order chi connectivity index (χ0) is 16.1. The van der Waals surface area contributed by atoms with Gasteiger partial charge in [0, 0.05) is 5.56 Å². The lowest BCUT2D eigenvalue weighted by atomic mass is 10.1. The van der Waals surface area contributed by atoms with Crippen molar-refractivity contribution in [3.63, 3.8) is 0 Å². The Morgan fingerprint density at radius 1 is 0.955 bits per heavy atom. The lowest BCUT2D eigenvalue weighted by Gasteiger charge is -2.08. The van der Waals surface area contributed by atoms with Crippen LogP contribution in [0.15, 0.2) is 42.5 Å². The molecule has 22 heavy (non-hydrogen) atoms. The third-order valence-electron chi connectivity index (χ3n) is 3.35. The molecule has 0 amide bonds. The largest absolute Gasteiger partial charge is 0.496 e. The number of benzene rings is 2. The second-order valence-corrected chi connectivity index (χ2v) is 5.05. The Bertz CT molecular complexity index is 687. The molecule has 0 saturated heterocycles. The fourth-order valence-corrected chi connectivity index (χ4v) is 1.98. The number of ketones is 1. The van der Waals surface area contributed by atoms with E-state index in [4.69, 9.17) is 9.47 Å². The van der Waals surface area contributed by atoms with Crippen molar-refractivity contribution in [2.75, 3.05) is 13.7 Å². The fourth-order valence-electron chi connectivity index (χ4n) is 1.98. The van der Waals surface area contributed by atoms with Crippen molar-refractivity contribution in [3.05, 3.63) is 64.7 Å². The maximum atomic E-state index is 12.0. The summed E-state index contributed by atoms with van der Waals surface area (Å²) in [4.78, 5) is 24.0. The molecule has 2 rings (SSSR count). The average Bonchev–Trinajstić information content (AvgIpc) is 2.53. The van der Waals surface area contributed by atoms with E-state index in [9.17, 15) is 9.59 Å². The van der Waals surface area contributed by atoms with Gasteiger partial charge in [-0.3, -0.25) is 4.79 Å². The topological polar surface area (TPSA) is 52.6 Å². The van der Waals surface area contributed by atoms with Crippen LogP contribution in [0.3, 0.4) is 0 Å². The molecule has 2 aromatic carbocycles. The van der Waals surface area contributed by atoms with Crippen LogP contribution in [0.1, 0.15) is 31.8 Å². The van der Waals surface area contributed by atoms with Crippen molar-refractivity contribution >= 4 is 11.8 Å². The van der Waals surface area contributed by atoms with Gasteiger partial charge in [-0.05, 0) is 31.5 Å². The minimum absolute atomic E-state index is 0.229. The van der Waals surface area contributed by atoms with E-state index >= 15 is 0 Å². The molecule has 0 N–H and O–H groups in total. The van der Waals surface area contributed by atoms with Crippen LogP contribution in [0.5, 0.6) is 5.75 Å². The van der Waals surface area contributed by atoms with Crippen LogP contribution in [0.25, 0.3) is 0 Å². The molecule has 0 fully saturated rings. The number of carbonyl (C=O) groups excluding carboxylic acids is 2. The van der Waals surface area contributed by atoms with Crippen molar-refractivity contribution in [2.24, 2.45) is 0 Å². The van der Waals surface area contributed by atoms with E-state index in [2.05, 4.69) is 0 Å². The highest BCUT2D eigenvalue weighted by atomic mass is 16.5. The molecule has 0 aromatic heterocycles. The number of esters is 1. The van der Waals surface area contributed by atoms with Gasteiger partial charge in [-0.15, -0.1) is 0 Å². The summed E-state index contributed by atoms with van der Waals surface area (Å²) in [6.07, 6.45) is 0. The summed E-state index contributed by atoms with van der Waals surface area (Å²) in [5.41, 5.74) is 2.88. The number of carbonyl (C=O) groups is 2. The summed E-state index contributed by atoms with van der Waals surface area (Å²) in [7, 11) is 1.54. The Morgan fingerprint density at radius 2 is 1.59 bits per heavy atom. The van der Waals surface area contributed by atoms with E-state index < -0.39 is 5.97 Å². The summed E-state index contributed by atoms with van der Waals surface area (Å²) < 4.78 is 10.2. The number of methoxy groups -OCH3 is 1. The predicted octanol–water partition coefficient (Wildman–Crippen LogP) is 3.35. The van der Waals surface area contributed by atoms with Crippen LogP contribution in [-0.4, -0.2) is 25.5 Å². The number of hydrogen-bond acceptors (Lipinski definition) is 4. The van der Waals surface area contributed by atoms with Gasteiger partial charge < -0.3 is 9.47 Å². The van der Waals surface area contributed by atoms with E-state index in [0.717, 1.165) is 11.1 Å². The van der Waals surface area contributed by atoms with E-state index in [1.54, 1.807) is 37.4 Å². The average molecular weight is 298 g/mol. The summed E-state index contributed by atoms with van der Waals surface area (Å²) in [5.74, 6) is -0.162. The summed E-state index contributed by atoms with van der Waals surface area (Å²) in [5, 5.41) is 0. The molecule has 0 heterocycles. The lowest BCUT2D eigenvalue weighted by molar-refractivity contribution is 0.0474. The van der Waals surface area contributed by atoms with Crippen LogP contribution in [-0.2, 0) is 4.74 Å². The molecular weight excluding hydrogens is 280 g/mol. The molecule has 0 aliphatic rings. The first-order valence-corrected chi connectivity index (χ1v) is 6.93. The molecule has 0 radical (unpaired) electrons. The van der Waals surface area contributed by atoms with Crippen molar-refractivity contribution in [3.8, 4) is 5.75 Å². The SMILES string of the molecule is COc1cc(C(=O)OCC(=O)c2ccc(C)cc2)ccc1C. The van der Waals surface area contributed by atoms with Gasteiger partial charge in [0.15, 0.2) is 12.4 Å². The third kappa shape index (κ3) is 3.73. The molecule has 0 atom stereocenters. The number of hydrogen-bond donors (Lipinski definition) is 0. The molecule has 2 aromatic rings. The van der Waals surface area contributed by atoms with Crippen LogP contribution in [0.2, 0.25) is 0 Å². The van der Waals surface area contributed by atoms with Gasteiger partial charge in [0.2, 0.25) is 0 Å². The maximum Gasteiger partial charge on any atom is 0.338 e. The Morgan fingerprint density at radius 3 is 2.23 bits per heavy atom. The molecule has 0 spiro atoms. The maximum absolute atomic E-state index is 12.0. The molecule has 4 heteroatoms. The Kier molecular flexibility index (Phi) is 4.94. The van der Waals surface area contributed by atoms with Crippen LogP contribution in [0.4, 0.5) is 0 Å². The van der Waals surface area contributed by atoms with Crippen LogP contribution >= 0.6 is 0 Å². The number of aryl methyl sites for hydroxylation is 2. The number of rotatable bonds is 5. The van der Waals surface area contributed by atoms with Gasteiger partial charge in [0.1, 0.15) is 5.75 Å². The number of ether oxygens (including phenoxy) is 2. The van der Waals surface area contributed by atoms with Gasteiger partial charge in [-0.2, -0.15) is 0 Å². The molecular formula is C18H18O4. The van der Waals surface area contributed by atoms with Crippen LogP contribution < -0.4 is 4.74 Å². The van der Waals surface area contributed by atoms with Gasteiger partial charge in [-0.25, -0.2) is 4.79 Å². The van der Waals surface area contributed by atoms with Gasteiger partial charge >= 0.3 is 5.97 Å². The van der Waals surface area contributed by atoms with Crippen molar-refractivity contribution in [1.29, 1.82) is 0 Å². The minimum atomic E-state index is -0.543. The highest BCUT2D eigenvalue weighted by Gasteiger charge is 2.13. The van der Waals surface area contributed by atoms with Crippen molar-refractivity contribution in [2.45, 2.75) is 13.8 Å². The first kappa shape index (κ1) is 15.8. The Balaban J connectivity index is 2.00. The summed E-state index contributed by atoms with van der Waals surface area (Å²) in [6, 6.07) is 12.2. The Labute approximate surface area is 129 Å². The van der Waals surface area contributed by atoms with Gasteiger partial charge in [0.25, 0.3) is 0 Å². The van der Waals surface area contributed by atoms with E-state index in [-0.39, 0.29) is 12.4 Å². The van der Waals surface area contributed by atoms with Gasteiger partial charge in [0.05, 0.1) is 12.7 Å². The standard InChI is InChI=1S/C18H18O4/c1-12-4-7-14(8-5-12)16(19)11-22-18(20)15-9-6-13(2)17(10-15)21-3/h4-10H,11H2,1-3H3. The zero-order valence-corrected chi connectivity index (χ0v) is 12.9. The minimum Gasteiger partial charge on any atom is -0.496 e. The van der Waals surface area contributed by atoms with Gasteiger partial charge in [-0.1, -0.05) is 35.9 Å². The molecule has 4 nitrogen and oxygen atoms in total. The smallest absolute Gasteiger partial charge is 0.338 e. The van der Waals surface area contributed by atoms with Crippen LogP contribution in [0, 0.1) is 13.8 Å². The molecule has 0 aliphatic carbocycles. The third-order valence-corrected chi connectivity index (χ3v) is 3.35. The highest BCUT2D eigenvalue weighted by Crippen LogP contribution is 2.19. The molecule has 0 bridgehead atoms. The highest BCUT2D eigenvalue weighted by molar-refractivity contribution is 5.99. The van der Waals surface area contributed by atoms with Crippen molar-refractivity contribution in [1.82, 2.24) is 0 Å². The second-order valence-electron chi connectivity index (χ2n) is 5.05. The number of Topliss-reactive ketones (excluding diaryl/α,β-unsaturated/α-hetero) is 1. The molecule has 114 valence electrons. The summed E-state index contributed by atoms with van der Waals surface area (Å²) >= 11 is 0. The first-order chi connectivity index (χ1) is 10.5. The second kappa shape index (κ2) is 6.89. The monoisotopic (exact) mass is 298 g/mol. The quantitative estimate of drug-likeness (QED) is 0.627. The normalized spacial score (nSPS) is 10.1. The van der Waals surface area contributed by atoms with E-state index in [1.165, 1.54) is 0 Å². The lowest BCUT2D eigenvalue weighted by Crippen LogP contribution is -2.14. The zero-order valence-electron chi connectivity index (χ0n) is 12.9. The Hall–Kier alpha value is -2.62. The van der Waals surface area contributed by atoms with E-state index in [1.807, 2.05) is 26.0 Å². The molecule has 0 aliphatic heterocycles. The fraction of sp³-hybridized carbons (Fsp3) is 0.222. The van der Waals surface area contributed by atoms with E-state index in [0.29, 0.717) is 16.9 Å². The summed E-state index contributed by atoms with van der Waals surface area (Å²) in [6.45, 7) is 3.55. The molecule has 0 unspecified atom stereocenters.